The third-order valence-corrected chi connectivity index (χ3v) is 3.04. The lowest BCUT2D eigenvalue weighted by atomic mass is 10.1. The molecule has 1 aromatic rings. The van der Waals surface area contributed by atoms with Crippen LogP contribution < -0.4 is 4.90 Å². The quantitative estimate of drug-likeness (QED) is 0.611. The van der Waals surface area contributed by atoms with Crippen molar-refractivity contribution in [2.75, 3.05) is 11.4 Å². The van der Waals surface area contributed by atoms with Gasteiger partial charge in [-0.15, -0.1) is 0 Å². The number of carbonyl (C=O) groups is 1. The van der Waals surface area contributed by atoms with Gasteiger partial charge in [-0.3, -0.25) is 14.9 Å². The Bertz CT molecular complexity index is 578. The van der Waals surface area contributed by atoms with E-state index in [2.05, 4.69) is 0 Å². The van der Waals surface area contributed by atoms with E-state index in [1.165, 1.54) is 12.1 Å². The van der Waals surface area contributed by atoms with Crippen molar-refractivity contribution in [1.29, 1.82) is 5.26 Å². The van der Waals surface area contributed by atoms with E-state index in [4.69, 9.17) is 10.4 Å². The van der Waals surface area contributed by atoms with Crippen LogP contribution in [0.3, 0.4) is 0 Å². The molecular formula is C14H17N3O4. The van der Waals surface area contributed by atoms with Crippen LogP contribution in [0.5, 0.6) is 0 Å². The first-order valence-corrected chi connectivity index (χ1v) is 6.53. The summed E-state index contributed by atoms with van der Waals surface area (Å²) in [4.78, 5) is 22.7. The van der Waals surface area contributed by atoms with E-state index < -0.39 is 10.9 Å². The minimum absolute atomic E-state index is 0.00128. The number of hydrogen-bond acceptors (Lipinski definition) is 5. The van der Waals surface area contributed by atoms with Crippen LogP contribution in [0.25, 0.3) is 0 Å². The standard InChI is InChI=1S/C14H17N3O4/c1-10(2)16(7-3-4-14(18)19)12-5-6-13(17(20)21)11(8-12)9-15/h5-6,8,10H,3-4,7H2,1-2H3,(H,18,19). The SMILES string of the molecule is CC(C)N(CCCC(=O)O)c1ccc([N+](=O)[O-])c(C#N)c1. The fraction of sp³-hybridized carbons (Fsp3) is 0.429. The van der Waals surface area contributed by atoms with E-state index in [9.17, 15) is 14.9 Å². The minimum atomic E-state index is -0.861. The van der Waals surface area contributed by atoms with Crippen LogP contribution in [0.1, 0.15) is 32.3 Å². The fourth-order valence-electron chi connectivity index (χ4n) is 2.04. The third kappa shape index (κ3) is 4.45. The van der Waals surface area contributed by atoms with Gasteiger partial charge < -0.3 is 10.0 Å². The molecule has 0 saturated heterocycles. The molecule has 7 heteroatoms. The van der Waals surface area contributed by atoms with Gasteiger partial charge in [0.1, 0.15) is 11.6 Å². The molecule has 0 heterocycles. The number of carboxylic acid groups (broad SMARTS) is 1. The molecule has 0 aliphatic carbocycles. The van der Waals surface area contributed by atoms with Gasteiger partial charge in [-0.1, -0.05) is 0 Å². The van der Waals surface area contributed by atoms with E-state index in [1.807, 2.05) is 24.8 Å². The zero-order valence-electron chi connectivity index (χ0n) is 11.9. The van der Waals surface area contributed by atoms with Crippen LogP contribution in [0.4, 0.5) is 11.4 Å². The topological polar surface area (TPSA) is 107 Å². The molecule has 0 bridgehead atoms. The third-order valence-electron chi connectivity index (χ3n) is 3.04. The molecule has 0 amide bonds. The second kappa shape index (κ2) is 7.24. The average Bonchev–Trinajstić information content (AvgIpc) is 2.42. The summed E-state index contributed by atoms with van der Waals surface area (Å²) >= 11 is 0. The molecule has 7 nitrogen and oxygen atoms in total. The number of carboxylic acids is 1. The van der Waals surface area contributed by atoms with Gasteiger partial charge in [-0.2, -0.15) is 5.26 Å². The van der Waals surface area contributed by atoms with Crippen LogP contribution in [0.2, 0.25) is 0 Å². The highest BCUT2D eigenvalue weighted by Crippen LogP contribution is 2.26. The van der Waals surface area contributed by atoms with Gasteiger partial charge in [0.25, 0.3) is 5.69 Å². The first-order chi connectivity index (χ1) is 9.86. The average molecular weight is 291 g/mol. The van der Waals surface area contributed by atoms with Crippen molar-refractivity contribution in [3.05, 3.63) is 33.9 Å². The summed E-state index contributed by atoms with van der Waals surface area (Å²) in [5.41, 5.74) is 0.453. The lowest BCUT2D eigenvalue weighted by Crippen LogP contribution is -2.32. The van der Waals surface area contributed by atoms with Crippen molar-refractivity contribution >= 4 is 17.3 Å². The Morgan fingerprint density at radius 1 is 1.52 bits per heavy atom. The molecule has 21 heavy (non-hydrogen) atoms. The predicted molar refractivity (Wildman–Crippen MR) is 77.2 cm³/mol. The van der Waals surface area contributed by atoms with Crippen molar-refractivity contribution < 1.29 is 14.8 Å². The van der Waals surface area contributed by atoms with Crippen molar-refractivity contribution in [2.24, 2.45) is 0 Å². The number of nitro benzene ring substituents is 1. The number of benzene rings is 1. The van der Waals surface area contributed by atoms with Crippen LogP contribution in [0.15, 0.2) is 18.2 Å². The van der Waals surface area contributed by atoms with E-state index in [0.717, 1.165) is 0 Å². The molecular weight excluding hydrogens is 274 g/mol. The van der Waals surface area contributed by atoms with E-state index in [0.29, 0.717) is 18.7 Å². The van der Waals surface area contributed by atoms with Gasteiger partial charge in [0.15, 0.2) is 0 Å². The molecule has 1 N–H and O–H groups in total. The molecule has 0 atom stereocenters. The maximum Gasteiger partial charge on any atom is 0.303 e. The molecule has 0 aliphatic rings. The van der Waals surface area contributed by atoms with Crippen LogP contribution in [-0.4, -0.2) is 28.6 Å². The molecule has 0 aliphatic heterocycles. The van der Waals surface area contributed by atoms with Crippen molar-refractivity contribution in [3.63, 3.8) is 0 Å². The Kier molecular flexibility index (Phi) is 5.67. The number of nitrogens with zero attached hydrogens (tertiary/aromatic N) is 3. The number of anilines is 1. The van der Waals surface area contributed by atoms with Crippen LogP contribution >= 0.6 is 0 Å². The second-order valence-corrected chi connectivity index (χ2v) is 4.85. The van der Waals surface area contributed by atoms with Gasteiger partial charge in [0, 0.05) is 30.8 Å². The Morgan fingerprint density at radius 2 is 2.19 bits per heavy atom. The minimum Gasteiger partial charge on any atom is -0.481 e. The summed E-state index contributed by atoms with van der Waals surface area (Å²) < 4.78 is 0. The van der Waals surface area contributed by atoms with Gasteiger partial charge in [-0.05, 0) is 32.4 Å². The lowest BCUT2D eigenvalue weighted by molar-refractivity contribution is -0.385. The fourth-order valence-corrected chi connectivity index (χ4v) is 2.04. The summed E-state index contributed by atoms with van der Waals surface area (Å²) in [6.07, 6.45) is 0.522. The number of nitriles is 1. The second-order valence-electron chi connectivity index (χ2n) is 4.85. The molecule has 0 radical (unpaired) electrons. The molecule has 0 spiro atoms. The highest BCUT2D eigenvalue weighted by Gasteiger charge is 2.18. The Labute approximate surface area is 122 Å². The molecule has 0 saturated carbocycles. The normalized spacial score (nSPS) is 10.2. The zero-order valence-corrected chi connectivity index (χ0v) is 11.9. The molecule has 112 valence electrons. The van der Waals surface area contributed by atoms with E-state index >= 15 is 0 Å². The lowest BCUT2D eigenvalue weighted by Gasteiger charge is -2.29. The molecule has 1 aromatic carbocycles. The summed E-state index contributed by atoms with van der Waals surface area (Å²) in [5, 5.41) is 28.5. The summed E-state index contributed by atoms with van der Waals surface area (Å²) in [6, 6.07) is 6.27. The van der Waals surface area contributed by atoms with Crippen molar-refractivity contribution in [1.82, 2.24) is 0 Å². The first-order valence-electron chi connectivity index (χ1n) is 6.53. The largest absolute Gasteiger partial charge is 0.481 e. The van der Waals surface area contributed by atoms with Gasteiger partial charge in [-0.25, -0.2) is 0 Å². The summed E-state index contributed by atoms with van der Waals surface area (Å²) in [5.74, 6) is -0.861. The predicted octanol–water partition coefficient (Wildman–Crippen LogP) is 2.55. The maximum atomic E-state index is 10.8. The van der Waals surface area contributed by atoms with E-state index in [-0.39, 0.29) is 23.7 Å². The summed E-state index contributed by atoms with van der Waals surface area (Å²) in [7, 11) is 0. The number of aliphatic carboxylic acids is 1. The van der Waals surface area contributed by atoms with Gasteiger partial charge >= 0.3 is 5.97 Å². The summed E-state index contributed by atoms with van der Waals surface area (Å²) in [6.45, 7) is 4.38. The monoisotopic (exact) mass is 291 g/mol. The molecule has 0 fully saturated rings. The Hall–Kier alpha value is -2.62. The highest BCUT2D eigenvalue weighted by atomic mass is 16.6. The van der Waals surface area contributed by atoms with Gasteiger partial charge in [0.05, 0.1) is 4.92 Å². The maximum absolute atomic E-state index is 10.8. The zero-order chi connectivity index (χ0) is 16.0. The molecule has 1 rings (SSSR count). The van der Waals surface area contributed by atoms with Crippen LogP contribution in [0, 0.1) is 21.4 Å². The number of rotatable bonds is 7. The van der Waals surface area contributed by atoms with Crippen molar-refractivity contribution in [2.45, 2.75) is 32.7 Å². The molecule has 0 unspecified atom stereocenters. The van der Waals surface area contributed by atoms with E-state index in [1.54, 1.807) is 6.07 Å². The number of nitro groups is 1. The van der Waals surface area contributed by atoms with Crippen molar-refractivity contribution in [3.8, 4) is 6.07 Å². The van der Waals surface area contributed by atoms with Gasteiger partial charge in [0.2, 0.25) is 0 Å². The van der Waals surface area contributed by atoms with Crippen LogP contribution in [-0.2, 0) is 4.79 Å². The number of hydrogen-bond donors (Lipinski definition) is 1. The highest BCUT2D eigenvalue weighted by molar-refractivity contribution is 5.66. The molecule has 0 aromatic heterocycles. The smallest absolute Gasteiger partial charge is 0.303 e. The Balaban J connectivity index is 3.01. The first kappa shape index (κ1) is 16.4. The Morgan fingerprint density at radius 3 is 2.67 bits per heavy atom.